The van der Waals surface area contributed by atoms with Crippen molar-refractivity contribution in [2.75, 3.05) is 32.1 Å². The summed E-state index contributed by atoms with van der Waals surface area (Å²) in [6.07, 6.45) is 0. The minimum atomic E-state index is -0.492. The smallest absolute Gasteiger partial charge is 0.336 e. The third-order valence-corrected chi connectivity index (χ3v) is 5.20. The summed E-state index contributed by atoms with van der Waals surface area (Å²) in [7, 11) is 1.61. The number of hydrogen-bond donors (Lipinski definition) is 3. The fraction of sp³-hybridized carbons (Fsp3) is 0.304. The molecule has 0 saturated heterocycles. The summed E-state index contributed by atoms with van der Waals surface area (Å²) in [4.78, 5) is 25.7. The molecular weight excluding hydrogens is 384 g/mol. The van der Waals surface area contributed by atoms with Gasteiger partial charge in [0.2, 0.25) is 0 Å². The maximum atomic E-state index is 12.7. The lowest BCUT2D eigenvalue weighted by Gasteiger charge is -2.20. The summed E-state index contributed by atoms with van der Waals surface area (Å²) < 4.78 is 10.4. The van der Waals surface area contributed by atoms with E-state index in [0.29, 0.717) is 25.3 Å². The summed E-state index contributed by atoms with van der Waals surface area (Å²) in [6.45, 7) is 5.71. The first-order chi connectivity index (χ1) is 14.4. The molecule has 3 aromatic rings. The molecule has 7 heteroatoms. The number of amides is 1. The SMILES string of the molecule is COCC[NH+](CC(=O)Nc1cccc(C)c1C)Cc1cc(=O)oc2cc(O)ccc12. The van der Waals surface area contributed by atoms with Crippen LogP contribution in [0.2, 0.25) is 0 Å². The number of fused-ring (bicyclic) bond motifs is 1. The second-order valence-electron chi connectivity index (χ2n) is 7.41. The highest BCUT2D eigenvalue weighted by atomic mass is 16.5. The van der Waals surface area contributed by atoms with E-state index in [9.17, 15) is 14.7 Å². The van der Waals surface area contributed by atoms with Gasteiger partial charge in [-0.3, -0.25) is 4.79 Å². The molecule has 3 N–H and O–H groups in total. The summed E-state index contributed by atoms with van der Waals surface area (Å²) in [5.74, 6) is -0.0843. The quantitative estimate of drug-likeness (QED) is 0.492. The maximum Gasteiger partial charge on any atom is 0.336 e. The first-order valence-electron chi connectivity index (χ1n) is 9.81. The van der Waals surface area contributed by atoms with Gasteiger partial charge in [-0.15, -0.1) is 0 Å². The minimum absolute atomic E-state index is 0.0271. The Balaban J connectivity index is 1.81. The van der Waals surface area contributed by atoms with Crippen LogP contribution in [0.4, 0.5) is 5.69 Å². The monoisotopic (exact) mass is 411 g/mol. The molecule has 3 rings (SSSR count). The summed E-state index contributed by atoms with van der Waals surface area (Å²) in [5, 5.41) is 13.4. The number of ether oxygens (including phenoxy) is 1. The zero-order valence-corrected chi connectivity index (χ0v) is 17.5. The molecule has 1 amide bonds. The van der Waals surface area contributed by atoms with Crippen LogP contribution >= 0.6 is 0 Å². The third-order valence-electron chi connectivity index (χ3n) is 5.20. The number of carbonyl (C=O) groups is 1. The van der Waals surface area contributed by atoms with Gasteiger partial charge in [0.1, 0.15) is 24.4 Å². The van der Waals surface area contributed by atoms with Crippen molar-refractivity contribution in [2.24, 2.45) is 0 Å². The number of aryl methyl sites for hydroxylation is 1. The van der Waals surface area contributed by atoms with Gasteiger partial charge < -0.3 is 24.5 Å². The molecule has 0 saturated carbocycles. The predicted molar refractivity (Wildman–Crippen MR) is 115 cm³/mol. The summed E-state index contributed by atoms with van der Waals surface area (Å²) in [5.41, 5.74) is 3.54. The molecule has 30 heavy (non-hydrogen) atoms. The Labute approximate surface area is 174 Å². The van der Waals surface area contributed by atoms with Crippen molar-refractivity contribution < 1.29 is 24.0 Å². The molecule has 7 nitrogen and oxygen atoms in total. The van der Waals surface area contributed by atoms with E-state index in [-0.39, 0.29) is 18.2 Å². The Hall–Kier alpha value is -3.16. The van der Waals surface area contributed by atoms with Crippen molar-refractivity contribution >= 4 is 22.6 Å². The van der Waals surface area contributed by atoms with Gasteiger partial charge in [-0.2, -0.15) is 0 Å². The third kappa shape index (κ3) is 5.25. The highest BCUT2D eigenvalue weighted by Crippen LogP contribution is 2.21. The van der Waals surface area contributed by atoms with Gasteiger partial charge in [0.05, 0.1) is 6.61 Å². The van der Waals surface area contributed by atoms with Crippen molar-refractivity contribution in [1.82, 2.24) is 0 Å². The van der Waals surface area contributed by atoms with Crippen LogP contribution in [0.15, 0.2) is 51.7 Å². The molecule has 1 unspecified atom stereocenters. The van der Waals surface area contributed by atoms with Crippen molar-refractivity contribution in [2.45, 2.75) is 20.4 Å². The Morgan fingerprint density at radius 3 is 2.77 bits per heavy atom. The fourth-order valence-electron chi connectivity index (χ4n) is 3.43. The van der Waals surface area contributed by atoms with Crippen LogP contribution < -0.4 is 15.8 Å². The van der Waals surface area contributed by atoms with E-state index >= 15 is 0 Å². The molecule has 1 atom stereocenters. The number of anilines is 1. The van der Waals surface area contributed by atoms with Crippen molar-refractivity contribution in [1.29, 1.82) is 0 Å². The molecule has 0 fully saturated rings. The van der Waals surface area contributed by atoms with Crippen LogP contribution in [0.1, 0.15) is 16.7 Å². The first kappa shape index (κ1) is 21.5. The predicted octanol–water partition coefficient (Wildman–Crippen LogP) is 1.79. The number of benzene rings is 2. The number of phenolic OH excluding ortho intramolecular Hbond substituents is 1. The number of methoxy groups -OCH3 is 1. The molecule has 0 aliphatic heterocycles. The molecular formula is C23H27N2O5+. The maximum absolute atomic E-state index is 12.7. The zero-order valence-electron chi connectivity index (χ0n) is 17.5. The number of nitrogens with one attached hydrogen (secondary N) is 2. The van der Waals surface area contributed by atoms with Crippen LogP contribution in [0.3, 0.4) is 0 Å². The molecule has 0 aliphatic carbocycles. The first-order valence-corrected chi connectivity index (χ1v) is 9.81. The van der Waals surface area contributed by atoms with Gasteiger partial charge in [-0.25, -0.2) is 4.79 Å². The van der Waals surface area contributed by atoms with E-state index in [1.165, 1.54) is 12.1 Å². The molecule has 0 bridgehead atoms. The Bertz CT molecular complexity index is 1110. The van der Waals surface area contributed by atoms with E-state index in [1.54, 1.807) is 19.2 Å². The summed E-state index contributed by atoms with van der Waals surface area (Å²) in [6, 6.07) is 11.9. The molecule has 0 spiro atoms. The topological polar surface area (TPSA) is 93.2 Å². The fourth-order valence-corrected chi connectivity index (χ4v) is 3.43. The van der Waals surface area contributed by atoms with Crippen molar-refractivity contribution in [3.8, 4) is 5.75 Å². The van der Waals surface area contributed by atoms with E-state index in [1.807, 2.05) is 32.0 Å². The van der Waals surface area contributed by atoms with Gasteiger partial charge in [0.25, 0.3) is 5.91 Å². The lowest BCUT2D eigenvalue weighted by atomic mass is 10.1. The van der Waals surface area contributed by atoms with Crippen molar-refractivity contribution in [3.63, 3.8) is 0 Å². The Morgan fingerprint density at radius 1 is 1.20 bits per heavy atom. The van der Waals surface area contributed by atoms with E-state index in [2.05, 4.69) is 5.32 Å². The molecule has 0 aliphatic rings. The Morgan fingerprint density at radius 2 is 2.00 bits per heavy atom. The number of rotatable bonds is 8. The molecule has 1 aromatic heterocycles. The molecule has 158 valence electrons. The van der Waals surface area contributed by atoms with Gasteiger partial charge in [-0.1, -0.05) is 12.1 Å². The van der Waals surface area contributed by atoms with Gasteiger partial charge in [-0.05, 0) is 43.2 Å². The second-order valence-corrected chi connectivity index (χ2v) is 7.41. The van der Waals surface area contributed by atoms with E-state index in [0.717, 1.165) is 32.7 Å². The minimum Gasteiger partial charge on any atom is -0.508 e. The Kier molecular flexibility index (Phi) is 6.87. The van der Waals surface area contributed by atoms with Crippen LogP contribution in [0.25, 0.3) is 11.0 Å². The second kappa shape index (κ2) is 9.56. The number of hydrogen-bond acceptors (Lipinski definition) is 5. The summed E-state index contributed by atoms with van der Waals surface area (Å²) >= 11 is 0. The van der Waals surface area contributed by atoms with Crippen LogP contribution in [-0.2, 0) is 16.1 Å². The van der Waals surface area contributed by atoms with E-state index < -0.39 is 5.63 Å². The van der Waals surface area contributed by atoms with Crippen LogP contribution in [0, 0.1) is 13.8 Å². The number of phenols is 1. The lowest BCUT2D eigenvalue weighted by molar-refractivity contribution is -0.906. The number of quaternary nitrogens is 1. The highest BCUT2D eigenvalue weighted by Gasteiger charge is 2.18. The van der Waals surface area contributed by atoms with Crippen LogP contribution in [0.5, 0.6) is 5.75 Å². The van der Waals surface area contributed by atoms with E-state index in [4.69, 9.17) is 9.15 Å². The lowest BCUT2D eigenvalue weighted by Crippen LogP contribution is -3.12. The largest absolute Gasteiger partial charge is 0.508 e. The normalized spacial score (nSPS) is 12.1. The standard InChI is InChI=1S/C23H26N2O5/c1-15-5-4-6-20(16(15)2)24-22(27)14-25(9-10-29-3)13-17-11-23(28)30-21-12-18(26)7-8-19(17)21/h4-8,11-12,26H,9-10,13-14H2,1-3H3,(H,24,27)/p+1. The van der Waals surface area contributed by atoms with Crippen molar-refractivity contribution in [3.05, 3.63) is 69.6 Å². The van der Waals surface area contributed by atoms with Gasteiger partial charge >= 0.3 is 5.63 Å². The number of carbonyl (C=O) groups excluding carboxylic acids is 1. The highest BCUT2D eigenvalue weighted by molar-refractivity contribution is 5.92. The average Bonchev–Trinajstić information content (AvgIpc) is 2.69. The van der Waals surface area contributed by atoms with Crippen LogP contribution in [-0.4, -0.2) is 37.8 Å². The molecule has 2 aromatic carbocycles. The van der Waals surface area contributed by atoms with Gasteiger partial charge in [0, 0.05) is 35.9 Å². The number of aromatic hydroxyl groups is 1. The zero-order chi connectivity index (χ0) is 21.7. The molecule has 0 radical (unpaired) electrons. The van der Waals surface area contributed by atoms with Gasteiger partial charge in [0.15, 0.2) is 6.54 Å². The molecule has 1 heterocycles. The average molecular weight is 411 g/mol.